The molecule has 0 aliphatic carbocycles. The zero-order valence-electron chi connectivity index (χ0n) is 16.6. The summed E-state index contributed by atoms with van der Waals surface area (Å²) < 4.78 is 2.27. The van der Waals surface area contributed by atoms with E-state index in [9.17, 15) is 4.79 Å². The molecule has 0 radical (unpaired) electrons. The zero-order chi connectivity index (χ0) is 19.8. The fourth-order valence-corrected chi connectivity index (χ4v) is 3.73. The molecule has 4 aromatic rings. The number of aromatic nitrogens is 3. The number of carbonyl (C=O) groups excluding carboxylic acids is 1. The van der Waals surface area contributed by atoms with Crippen molar-refractivity contribution in [3.63, 3.8) is 0 Å². The monoisotopic (exact) mass is 372 g/mol. The van der Waals surface area contributed by atoms with Gasteiger partial charge in [-0.1, -0.05) is 24.3 Å². The summed E-state index contributed by atoms with van der Waals surface area (Å²) in [7, 11) is 0. The number of hydrogen-bond acceptors (Lipinski definition) is 2. The van der Waals surface area contributed by atoms with E-state index in [1.807, 2.05) is 38.1 Å². The molecule has 0 unspecified atom stereocenters. The Morgan fingerprint density at radius 1 is 1.07 bits per heavy atom. The largest absolute Gasteiger partial charge is 0.339 e. The van der Waals surface area contributed by atoms with Crippen LogP contribution in [0.1, 0.15) is 34.0 Å². The SMILES string of the molecule is CCn1c(-c2cc(NC(=O)c3ccc(C)c(C)c3)n[nH]2)c(C)c2ccccc21. The van der Waals surface area contributed by atoms with E-state index >= 15 is 0 Å². The highest BCUT2D eigenvalue weighted by Gasteiger charge is 2.17. The van der Waals surface area contributed by atoms with E-state index in [0.29, 0.717) is 11.4 Å². The van der Waals surface area contributed by atoms with Gasteiger partial charge in [0.05, 0.1) is 11.4 Å². The molecule has 1 amide bonds. The van der Waals surface area contributed by atoms with Crippen LogP contribution in [0.15, 0.2) is 48.5 Å². The Labute approximate surface area is 164 Å². The molecule has 0 fully saturated rings. The van der Waals surface area contributed by atoms with E-state index in [1.54, 1.807) is 0 Å². The molecule has 142 valence electrons. The van der Waals surface area contributed by atoms with Crippen LogP contribution in [0.2, 0.25) is 0 Å². The Hall–Kier alpha value is -3.34. The lowest BCUT2D eigenvalue weighted by atomic mass is 10.1. The molecule has 2 heterocycles. The Balaban J connectivity index is 1.67. The molecule has 5 nitrogen and oxygen atoms in total. The van der Waals surface area contributed by atoms with E-state index in [0.717, 1.165) is 23.5 Å². The fraction of sp³-hybridized carbons (Fsp3) is 0.217. The van der Waals surface area contributed by atoms with E-state index in [2.05, 4.69) is 58.2 Å². The highest BCUT2D eigenvalue weighted by molar-refractivity contribution is 6.04. The van der Waals surface area contributed by atoms with Gasteiger partial charge in [0.1, 0.15) is 0 Å². The first-order chi connectivity index (χ1) is 13.5. The van der Waals surface area contributed by atoms with Crippen LogP contribution in [-0.2, 0) is 6.54 Å². The number of nitrogens with zero attached hydrogens (tertiary/aromatic N) is 2. The quantitative estimate of drug-likeness (QED) is 0.515. The number of H-pyrrole nitrogens is 1. The van der Waals surface area contributed by atoms with Crippen molar-refractivity contribution in [1.82, 2.24) is 14.8 Å². The highest BCUT2D eigenvalue weighted by atomic mass is 16.1. The van der Waals surface area contributed by atoms with Crippen molar-refractivity contribution in [2.75, 3.05) is 5.32 Å². The van der Waals surface area contributed by atoms with Crippen molar-refractivity contribution in [1.29, 1.82) is 0 Å². The van der Waals surface area contributed by atoms with Gasteiger partial charge in [-0.15, -0.1) is 0 Å². The first-order valence-corrected chi connectivity index (χ1v) is 9.51. The van der Waals surface area contributed by atoms with Crippen LogP contribution >= 0.6 is 0 Å². The number of anilines is 1. The maximum Gasteiger partial charge on any atom is 0.256 e. The van der Waals surface area contributed by atoms with Crippen molar-refractivity contribution < 1.29 is 4.79 Å². The number of fused-ring (bicyclic) bond motifs is 1. The van der Waals surface area contributed by atoms with Crippen LogP contribution in [0.3, 0.4) is 0 Å². The van der Waals surface area contributed by atoms with Crippen LogP contribution in [-0.4, -0.2) is 20.7 Å². The van der Waals surface area contributed by atoms with Gasteiger partial charge in [0, 0.05) is 29.1 Å². The van der Waals surface area contributed by atoms with Gasteiger partial charge in [0.15, 0.2) is 5.82 Å². The lowest BCUT2D eigenvalue weighted by Gasteiger charge is -2.07. The molecule has 4 rings (SSSR count). The summed E-state index contributed by atoms with van der Waals surface area (Å²) >= 11 is 0. The summed E-state index contributed by atoms with van der Waals surface area (Å²) in [5.74, 6) is 0.361. The minimum Gasteiger partial charge on any atom is -0.339 e. The van der Waals surface area contributed by atoms with Crippen LogP contribution in [0.25, 0.3) is 22.3 Å². The fourth-order valence-electron chi connectivity index (χ4n) is 3.73. The second-order valence-corrected chi connectivity index (χ2v) is 7.16. The van der Waals surface area contributed by atoms with Crippen molar-refractivity contribution in [2.24, 2.45) is 0 Å². The Morgan fingerprint density at radius 3 is 2.61 bits per heavy atom. The lowest BCUT2D eigenvalue weighted by Crippen LogP contribution is -2.12. The third kappa shape index (κ3) is 2.99. The highest BCUT2D eigenvalue weighted by Crippen LogP contribution is 2.33. The summed E-state index contributed by atoms with van der Waals surface area (Å²) in [6.45, 7) is 9.15. The molecular formula is C23H24N4O. The number of hydrogen-bond donors (Lipinski definition) is 2. The van der Waals surface area contributed by atoms with E-state index < -0.39 is 0 Å². The normalized spacial score (nSPS) is 11.1. The number of aryl methyl sites for hydroxylation is 4. The van der Waals surface area contributed by atoms with Crippen LogP contribution in [0.4, 0.5) is 5.82 Å². The number of rotatable bonds is 4. The van der Waals surface area contributed by atoms with Crippen LogP contribution < -0.4 is 5.32 Å². The number of para-hydroxylation sites is 1. The van der Waals surface area contributed by atoms with Crippen molar-refractivity contribution >= 4 is 22.6 Å². The van der Waals surface area contributed by atoms with Crippen molar-refractivity contribution in [3.05, 3.63) is 70.8 Å². The van der Waals surface area contributed by atoms with Gasteiger partial charge in [0.25, 0.3) is 5.91 Å². The van der Waals surface area contributed by atoms with Gasteiger partial charge in [-0.05, 0) is 62.6 Å². The molecule has 5 heteroatoms. The summed E-state index contributed by atoms with van der Waals surface area (Å²) in [6.07, 6.45) is 0. The first kappa shape index (κ1) is 18.0. The minimum absolute atomic E-state index is 0.158. The van der Waals surface area contributed by atoms with Gasteiger partial charge in [-0.3, -0.25) is 9.89 Å². The van der Waals surface area contributed by atoms with Crippen LogP contribution in [0.5, 0.6) is 0 Å². The molecular weight excluding hydrogens is 348 g/mol. The molecule has 0 saturated carbocycles. The summed E-state index contributed by atoms with van der Waals surface area (Å²) in [4.78, 5) is 12.6. The predicted molar refractivity (Wildman–Crippen MR) is 114 cm³/mol. The zero-order valence-corrected chi connectivity index (χ0v) is 16.6. The first-order valence-electron chi connectivity index (χ1n) is 9.51. The Bertz CT molecular complexity index is 1180. The maximum atomic E-state index is 12.6. The number of nitrogens with one attached hydrogen (secondary N) is 2. The maximum absolute atomic E-state index is 12.6. The van der Waals surface area contributed by atoms with E-state index in [1.165, 1.54) is 22.0 Å². The second kappa shape index (κ2) is 7.00. The Morgan fingerprint density at radius 2 is 1.86 bits per heavy atom. The number of carbonyl (C=O) groups is 1. The number of amides is 1. The molecule has 0 aliphatic rings. The van der Waals surface area contributed by atoms with Gasteiger partial charge in [-0.2, -0.15) is 5.10 Å². The average Bonchev–Trinajstić information content (AvgIpc) is 3.26. The molecule has 2 aromatic carbocycles. The third-order valence-corrected chi connectivity index (χ3v) is 5.38. The standard InChI is InChI=1S/C23H24N4O/c1-5-27-20-9-7-6-8-18(20)16(4)22(27)19-13-21(26-25-19)24-23(28)17-11-10-14(2)15(3)12-17/h6-13H,5H2,1-4H3,(H2,24,25,26,28). The van der Waals surface area contributed by atoms with Gasteiger partial charge in [-0.25, -0.2) is 0 Å². The number of aromatic amines is 1. The second-order valence-electron chi connectivity index (χ2n) is 7.16. The summed E-state index contributed by atoms with van der Waals surface area (Å²) in [5.41, 5.74) is 7.29. The predicted octanol–water partition coefficient (Wildman–Crippen LogP) is 5.23. The van der Waals surface area contributed by atoms with E-state index in [4.69, 9.17) is 0 Å². The van der Waals surface area contributed by atoms with Crippen molar-refractivity contribution in [2.45, 2.75) is 34.2 Å². The average molecular weight is 372 g/mol. The van der Waals surface area contributed by atoms with Gasteiger partial charge >= 0.3 is 0 Å². The lowest BCUT2D eigenvalue weighted by molar-refractivity contribution is 0.102. The Kier molecular flexibility index (Phi) is 4.51. The summed E-state index contributed by atoms with van der Waals surface area (Å²) in [5, 5.41) is 11.5. The van der Waals surface area contributed by atoms with Gasteiger partial charge < -0.3 is 9.88 Å². The van der Waals surface area contributed by atoms with Crippen molar-refractivity contribution in [3.8, 4) is 11.4 Å². The molecule has 0 bridgehead atoms. The molecule has 0 aliphatic heterocycles. The van der Waals surface area contributed by atoms with Crippen LogP contribution in [0, 0.1) is 20.8 Å². The molecule has 2 aromatic heterocycles. The smallest absolute Gasteiger partial charge is 0.256 e. The van der Waals surface area contributed by atoms with E-state index in [-0.39, 0.29) is 5.91 Å². The molecule has 0 saturated heterocycles. The minimum atomic E-state index is -0.158. The summed E-state index contributed by atoms with van der Waals surface area (Å²) in [6, 6.07) is 16.0. The van der Waals surface area contributed by atoms with Gasteiger partial charge in [0.2, 0.25) is 0 Å². The molecule has 0 spiro atoms. The third-order valence-electron chi connectivity index (χ3n) is 5.38. The molecule has 0 atom stereocenters. The molecule has 2 N–H and O–H groups in total. The molecule has 28 heavy (non-hydrogen) atoms. The topological polar surface area (TPSA) is 62.7 Å². The number of benzene rings is 2.